The summed E-state index contributed by atoms with van der Waals surface area (Å²) in [5.74, 6) is 0.584. The fraction of sp³-hybridized carbons (Fsp3) is 0.172. The molecule has 9 aromatic rings. The number of pyridine rings is 4. The average molecular weight is 1150 g/mol. The number of aromatic nitrogens is 8. The molecular formula is C58H47F6N9O4Ru. The summed E-state index contributed by atoms with van der Waals surface area (Å²) >= 11 is 0. The third kappa shape index (κ3) is 14.2. The van der Waals surface area contributed by atoms with E-state index >= 15 is 0 Å². The van der Waals surface area contributed by atoms with E-state index < -0.39 is 23.7 Å². The van der Waals surface area contributed by atoms with Crippen LogP contribution >= 0.6 is 0 Å². The molecule has 3 aromatic carbocycles. The normalized spacial score (nSPS) is 11.8. The predicted octanol–water partition coefficient (Wildman–Crippen LogP) is 13.7. The van der Waals surface area contributed by atoms with Crippen LogP contribution in [0.5, 0.6) is 11.5 Å². The minimum Gasteiger partial charge on any atom is -0.573 e. The maximum absolute atomic E-state index is 12.5. The van der Waals surface area contributed by atoms with Crippen molar-refractivity contribution in [3.8, 4) is 57.1 Å². The molecule has 0 saturated carbocycles. The van der Waals surface area contributed by atoms with Gasteiger partial charge in [0.15, 0.2) is 0 Å². The summed E-state index contributed by atoms with van der Waals surface area (Å²) in [6, 6.07) is 41.8. The number of hydrogen-bond donors (Lipinski definition) is 0. The average Bonchev–Trinajstić information content (AvgIpc) is 4.14. The van der Waals surface area contributed by atoms with Gasteiger partial charge in [-0.05, 0) is 112 Å². The number of halogens is 6. The third-order valence-corrected chi connectivity index (χ3v) is 11.7. The van der Waals surface area contributed by atoms with Crippen molar-refractivity contribution in [2.24, 2.45) is 0 Å². The Morgan fingerprint density at radius 3 is 1.32 bits per heavy atom. The Morgan fingerprint density at radius 2 is 0.872 bits per heavy atom. The molecule has 0 unspecified atom stereocenters. The number of anilines is 3. The standard InChI is InChI=1S/C45H42N4O4.C13H5F6N5.Ru/c1-44(2,3)33-11-17-36(18-12-33)49(37-19-13-34(14-20-37)45(4,5)6)35-15-9-31(10-16-35)7-8-32-21-23-46-40(25-32)42-27-39(53-30-51)28-43(48-42)41-26-38(52-29-50)22-24-47-41;14-12(15,16)10-4-8(21-23-10)6-2-1-3-7(20-6)9-5-11(24-22-9)13(17,18)19;/h7-30H,1-6H3;1-5H;/q;-2;+2/b8-7+;;. The summed E-state index contributed by atoms with van der Waals surface area (Å²) in [5.41, 5.74) is 7.15. The summed E-state index contributed by atoms with van der Waals surface area (Å²) in [6.07, 6.45) is -2.02. The second-order valence-electron chi connectivity index (χ2n) is 19.3. The molecule has 9 rings (SSSR count). The summed E-state index contributed by atoms with van der Waals surface area (Å²) in [4.78, 5) is 42.0. The van der Waals surface area contributed by atoms with E-state index in [1.807, 2.05) is 18.2 Å². The van der Waals surface area contributed by atoms with Crippen LogP contribution in [0.4, 0.5) is 43.4 Å². The van der Waals surface area contributed by atoms with Gasteiger partial charge >= 0.3 is 31.8 Å². The molecule has 0 atom stereocenters. The van der Waals surface area contributed by atoms with Crippen LogP contribution in [0, 0.1) is 0 Å². The van der Waals surface area contributed by atoms with Gasteiger partial charge in [0.2, 0.25) is 0 Å². The molecule has 20 heteroatoms. The maximum Gasteiger partial charge on any atom is 2.00 e. The van der Waals surface area contributed by atoms with Crippen LogP contribution in [0.1, 0.15) is 75.2 Å². The molecular weight excluding hydrogens is 1100 g/mol. The quantitative estimate of drug-likeness (QED) is 0.0610. The van der Waals surface area contributed by atoms with Crippen LogP contribution in [0.3, 0.4) is 0 Å². The third-order valence-electron chi connectivity index (χ3n) is 11.7. The van der Waals surface area contributed by atoms with Gasteiger partial charge in [-0.15, -0.1) is 0 Å². The molecule has 0 radical (unpaired) electrons. The summed E-state index contributed by atoms with van der Waals surface area (Å²) in [5, 5.41) is 12.8. The maximum atomic E-state index is 12.5. The fourth-order valence-corrected chi connectivity index (χ4v) is 7.69. The van der Waals surface area contributed by atoms with E-state index in [0.29, 0.717) is 53.6 Å². The topological polar surface area (TPSA) is 161 Å². The van der Waals surface area contributed by atoms with Crippen molar-refractivity contribution in [2.75, 3.05) is 4.90 Å². The van der Waals surface area contributed by atoms with Gasteiger partial charge in [-0.2, -0.15) is 26.3 Å². The predicted molar refractivity (Wildman–Crippen MR) is 279 cm³/mol. The first kappa shape index (κ1) is 57.1. The number of ether oxygens (including phenoxy) is 2. The second-order valence-corrected chi connectivity index (χ2v) is 19.3. The fourth-order valence-electron chi connectivity index (χ4n) is 7.69. The number of benzene rings is 3. The van der Waals surface area contributed by atoms with E-state index in [1.54, 1.807) is 30.5 Å². The van der Waals surface area contributed by atoms with E-state index in [4.69, 9.17) is 14.5 Å². The van der Waals surface area contributed by atoms with E-state index in [0.717, 1.165) is 28.2 Å². The Balaban J connectivity index is 0.000000294. The largest absolute Gasteiger partial charge is 2.00 e. The molecule has 13 nitrogen and oxygen atoms in total. The van der Waals surface area contributed by atoms with E-state index in [2.05, 4.69) is 161 Å². The van der Waals surface area contributed by atoms with Crippen LogP contribution in [0.25, 0.3) is 57.7 Å². The first-order valence-electron chi connectivity index (χ1n) is 23.6. The number of nitrogens with zero attached hydrogens (tertiary/aromatic N) is 9. The minimum atomic E-state index is -4.65. The van der Waals surface area contributed by atoms with Gasteiger partial charge in [0.25, 0.3) is 12.9 Å². The Bertz CT molecular complexity index is 3410. The molecule has 0 amide bonds. The molecule has 398 valence electrons. The van der Waals surface area contributed by atoms with E-state index in [-0.39, 0.29) is 58.8 Å². The van der Waals surface area contributed by atoms with Gasteiger partial charge in [0, 0.05) is 47.7 Å². The van der Waals surface area contributed by atoms with Crippen molar-refractivity contribution in [2.45, 2.75) is 64.7 Å². The van der Waals surface area contributed by atoms with Crippen molar-refractivity contribution in [3.05, 3.63) is 186 Å². The molecule has 78 heavy (non-hydrogen) atoms. The summed E-state index contributed by atoms with van der Waals surface area (Å²) in [6.45, 7) is 14.1. The second kappa shape index (κ2) is 23.7. The molecule has 0 aliphatic rings. The van der Waals surface area contributed by atoms with E-state index in [1.165, 1.54) is 35.5 Å². The number of carbonyl (C=O) groups excluding carboxylic acids is 2. The number of carbonyl (C=O) groups is 2. The van der Waals surface area contributed by atoms with Gasteiger partial charge in [-0.1, -0.05) is 108 Å². The van der Waals surface area contributed by atoms with Crippen LogP contribution in [0.2, 0.25) is 0 Å². The first-order chi connectivity index (χ1) is 36.5. The smallest absolute Gasteiger partial charge is 0.573 e. The van der Waals surface area contributed by atoms with Gasteiger partial charge in [-0.25, -0.2) is 4.98 Å². The monoisotopic (exact) mass is 1150 g/mol. The molecule has 6 aromatic heterocycles. The van der Waals surface area contributed by atoms with Crippen LogP contribution in [0.15, 0.2) is 152 Å². The molecule has 0 bridgehead atoms. The van der Waals surface area contributed by atoms with Gasteiger partial charge in [-0.3, -0.25) is 24.5 Å². The Hall–Kier alpha value is -8.64. The number of hydrogen-bond acceptors (Lipinski definition) is 11. The molecule has 6 heterocycles. The molecule has 0 aliphatic carbocycles. The van der Waals surface area contributed by atoms with Crippen molar-refractivity contribution in [1.82, 2.24) is 40.3 Å². The van der Waals surface area contributed by atoms with Crippen LogP contribution in [-0.2, 0) is 52.2 Å². The molecule has 0 aliphatic heterocycles. The van der Waals surface area contributed by atoms with Gasteiger partial charge in [0.05, 0.1) is 34.2 Å². The Labute approximate surface area is 457 Å². The molecule has 0 spiro atoms. The van der Waals surface area contributed by atoms with E-state index in [9.17, 15) is 35.9 Å². The van der Waals surface area contributed by atoms with Crippen molar-refractivity contribution < 1.29 is 64.9 Å². The van der Waals surface area contributed by atoms with Gasteiger partial charge < -0.3 is 34.8 Å². The van der Waals surface area contributed by atoms with Crippen molar-refractivity contribution in [3.63, 3.8) is 0 Å². The van der Waals surface area contributed by atoms with Gasteiger partial charge in [0.1, 0.15) is 22.9 Å². The zero-order chi connectivity index (χ0) is 55.1. The number of rotatable bonds is 13. The molecule has 0 saturated heterocycles. The zero-order valence-electron chi connectivity index (χ0n) is 42.5. The van der Waals surface area contributed by atoms with Crippen LogP contribution in [-0.4, -0.2) is 43.1 Å². The summed E-state index contributed by atoms with van der Waals surface area (Å²) in [7, 11) is 0. The minimum absolute atomic E-state index is 0. The molecule has 0 N–H and O–H groups in total. The summed E-state index contributed by atoms with van der Waals surface area (Å²) < 4.78 is 85.3. The number of alkyl halides is 6. The zero-order valence-corrected chi connectivity index (χ0v) is 44.3. The first-order valence-corrected chi connectivity index (χ1v) is 23.6. The van der Waals surface area contributed by atoms with Crippen molar-refractivity contribution >= 4 is 42.2 Å². The Morgan fingerprint density at radius 1 is 0.462 bits per heavy atom. The Kier molecular flexibility index (Phi) is 17.4. The molecule has 0 fully saturated rings. The SMILES string of the molecule is CC(C)(C)c1ccc(N(c2ccc(/C=C/c3ccnc(-c4cc(OC=O)cc(-c5cc(OC=O)ccn5)n4)c3)cc2)c2ccc(C(C)(C)C)cc2)cc1.FC(F)(F)c1cc(-c2cccc(-c3cc(C(F)(F)F)n[n-]3)n2)[n-]n1.[Ru+2]. The van der Waals surface area contributed by atoms with Crippen molar-refractivity contribution in [1.29, 1.82) is 0 Å². The van der Waals surface area contributed by atoms with Crippen LogP contribution < -0.4 is 24.6 Å².